The summed E-state index contributed by atoms with van der Waals surface area (Å²) in [7, 11) is 0. The van der Waals surface area contributed by atoms with Crippen LogP contribution < -0.4 is 10.6 Å². The number of carbonyl (C=O) groups is 2. The van der Waals surface area contributed by atoms with Gasteiger partial charge in [0, 0.05) is 18.3 Å². The highest BCUT2D eigenvalue weighted by atomic mass is 32.1. The summed E-state index contributed by atoms with van der Waals surface area (Å²) in [5.74, 6) is 0.449. The maximum absolute atomic E-state index is 13.0. The van der Waals surface area contributed by atoms with E-state index in [0.717, 1.165) is 36.2 Å². The fraction of sp³-hybridized carbons (Fsp3) is 0.542. The molecule has 2 heterocycles. The van der Waals surface area contributed by atoms with Gasteiger partial charge in [-0.1, -0.05) is 41.9 Å². The maximum atomic E-state index is 13.0. The Morgan fingerprint density at radius 2 is 1.68 bits per heavy atom. The van der Waals surface area contributed by atoms with Crippen molar-refractivity contribution in [2.24, 2.45) is 5.92 Å². The van der Waals surface area contributed by atoms with Crippen LogP contribution in [0, 0.1) is 33.6 Å². The molecule has 2 aromatic rings. The van der Waals surface area contributed by atoms with Crippen LogP contribution in [0.15, 0.2) is 12.1 Å². The highest BCUT2D eigenvalue weighted by molar-refractivity contribution is 7.17. The van der Waals surface area contributed by atoms with Gasteiger partial charge in [-0.25, -0.2) is 9.78 Å². The number of nitrogens with one attached hydrogen (secondary N) is 2. The molecular weight excluding hydrogens is 408 g/mol. The molecule has 2 N–H and O–H groups in total. The summed E-state index contributed by atoms with van der Waals surface area (Å²) >= 11 is 1.24. The zero-order chi connectivity index (χ0) is 22.1. The summed E-state index contributed by atoms with van der Waals surface area (Å²) < 4.78 is 0. The number of fused-ring (bicyclic) bond motifs is 1. The predicted octanol–water partition coefficient (Wildman–Crippen LogP) is 5.82. The lowest BCUT2D eigenvalue weighted by molar-refractivity contribution is 0.0909. The number of piperidine rings is 1. The van der Waals surface area contributed by atoms with E-state index in [9.17, 15) is 9.59 Å². The van der Waals surface area contributed by atoms with Crippen LogP contribution in [0.3, 0.4) is 0 Å². The Balaban J connectivity index is 1.46. The molecule has 6 nitrogen and oxygen atoms in total. The van der Waals surface area contributed by atoms with Crippen molar-refractivity contribution in [3.63, 3.8) is 0 Å². The van der Waals surface area contributed by atoms with Crippen molar-refractivity contribution >= 4 is 34.1 Å². The molecule has 2 fully saturated rings. The number of hydrogen-bond donors (Lipinski definition) is 2. The van der Waals surface area contributed by atoms with E-state index in [4.69, 9.17) is 0 Å². The molecule has 0 bridgehead atoms. The smallest absolute Gasteiger partial charge is 0.321 e. The fourth-order valence-corrected chi connectivity index (χ4v) is 6.10. The van der Waals surface area contributed by atoms with Gasteiger partial charge in [-0.15, -0.1) is 0 Å². The number of urea groups is 1. The first-order chi connectivity index (χ1) is 14.8. The third-order valence-corrected chi connectivity index (χ3v) is 7.71. The van der Waals surface area contributed by atoms with E-state index in [-0.39, 0.29) is 11.9 Å². The Morgan fingerprint density at radius 3 is 2.42 bits per heavy atom. The average molecular weight is 441 g/mol. The number of anilines is 2. The maximum Gasteiger partial charge on any atom is 0.323 e. The minimum absolute atomic E-state index is 0.0810. The van der Waals surface area contributed by atoms with E-state index in [0.29, 0.717) is 27.7 Å². The van der Waals surface area contributed by atoms with Crippen LogP contribution in [-0.2, 0) is 0 Å². The first-order valence-electron chi connectivity index (χ1n) is 11.3. The van der Waals surface area contributed by atoms with Crippen LogP contribution in [0.1, 0.15) is 70.6 Å². The van der Waals surface area contributed by atoms with Gasteiger partial charge in [-0.05, 0) is 70.4 Å². The van der Waals surface area contributed by atoms with Gasteiger partial charge >= 0.3 is 6.03 Å². The fourth-order valence-electron chi connectivity index (χ4n) is 5.25. The lowest BCUT2D eigenvalue weighted by Gasteiger charge is -2.43. The molecule has 1 saturated carbocycles. The monoisotopic (exact) mass is 440 g/mol. The minimum Gasteiger partial charge on any atom is -0.321 e. The number of amides is 3. The van der Waals surface area contributed by atoms with Crippen molar-refractivity contribution in [2.75, 3.05) is 17.2 Å². The van der Waals surface area contributed by atoms with E-state index in [1.54, 1.807) is 0 Å². The molecule has 0 spiro atoms. The SMILES string of the molecule is Cc1cc(C)c(NC(=O)c2sc(NC(=O)N3CCCC4CCCCC43)nc2C)c(C)c1. The minimum atomic E-state index is -0.184. The van der Waals surface area contributed by atoms with Gasteiger partial charge in [0.25, 0.3) is 5.91 Å². The number of benzene rings is 1. The average Bonchev–Trinajstić information content (AvgIpc) is 3.10. The van der Waals surface area contributed by atoms with Crippen LogP contribution in [0.4, 0.5) is 15.6 Å². The van der Waals surface area contributed by atoms with E-state index < -0.39 is 0 Å². The molecule has 1 aliphatic heterocycles. The van der Waals surface area contributed by atoms with Crippen LogP contribution in [0.5, 0.6) is 0 Å². The predicted molar refractivity (Wildman–Crippen MR) is 126 cm³/mol. The van der Waals surface area contributed by atoms with Crippen molar-refractivity contribution in [3.05, 3.63) is 39.4 Å². The summed E-state index contributed by atoms with van der Waals surface area (Å²) in [5.41, 5.74) is 4.72. The summed E-state index contributed by atoms with van der Waals surface area (Å²) in [6.45, 7) is 8.66. The zero-order valence-electron chi connectivity index (χ0n) is 18.9. The van der Waals surface area contributed by atoms with Gasteiger partial charge in [0.2, 0.25) is 0 Å². The molecule has 1 saturated heterocycles. The molecule has 2 atom stereocenters. The zero-order valence-corrected chi connectivity index (χ0v) is 19.7. The number of thiazole rings is 1. The third-order valence-electron chi connectivity index (χ3n) is 6.64. The molecule has 2 unspecified atom stereocenters. The van der Waals surface area contributed by atoms with Crippen molar-refractivity contribution in [2.45, 2.75) is 72.3 Å². The van der Waals surface area contributed by atoms with E-state index in [1.165, 1.54) is 42.6 Å². The Labute approximate surface area is 188 Å². The largest absolute Gasteiger partial charge is 0.323 e. The molecule has 3 amide bonds. The molecule has 31 heavy (non-hydrogen) atoms. The molecule has 1 aromatic heterocycles. The Morgan fingerprint density at radius 1 is 1.00 bits per heavy atom. The topological polar surface area (TPSA) is 74.3 Å². The van der Waals surface area contributed by atoms with Crippen LogP contribution >= 0.6 is 11.3 Å². The number of hydrogen-bond acceptors (Lipinski definition) is 4. The number of rotatable bonds is 3. The van der Waals surface area contributed by atoms with Crippen LogP contribution in [0.2, 0.25) is 0 Å². The van der Waals surface area contributed by atoms with Gasteiger partial charge in [0.15, 0.2) is 5.13 Å². The van der Waals surface area contributed by atoms with Crippen molar-refractivity contribution in [1.82, 2.24) is 9.88 Å². The van der Waals surface area contributed by atoms with Crippen molar-refractivity contribution < 1.29 is 9.59 Å². The van der Waals surface area contributed by atoms with Gasteiger partial charge in [-0.2, -0.15) is 0 Å². The molecular formula is C24H32N4O2S. The number of aryl methyl sites for hydroxylation is 4. The number of nitrogens with zero attached hydrogens (tertiary/aromatic N) is 2. The van der Waals surface area contributed by atoms with E-state index >= 15 is 0 Å². The van der Waals surface area contributed by atoms with E-state index in [2.05, 4.69) is 27.8 Å². The quantitative estimate of drug-likeness (QED) is 0.632. The number of likely N-dealkylation sites (tertiary alicyclic amines) is 1. The molecule has 0 radical (unpaired) electrons. The normalized spacial score (nSPS) is 20.8. The molecule has 7 heteroatoms. The molecule has 2 aliphatic rings. The number of aromatic nitrogens is 1. The van der Waals surface area contributed by atoms with Crippen LogP contribution in [0.25, 0.3) is 0 Å². The van der Waals surface area contributed by atoms with Crippen LogP contribution in [-0.4, -0.2) is 34.4 Å². The molecule has 1 aliphatic carbocycles. The number of carbonyl (C=O) groups excluding carboxylic acids is 2. The van der Waals surface area contributed by atoms with Crippen molar-refractivity contribution in [3.8, 4) is 0 Å². The van der Waals surface area contributed by atoms with Gasteiger partial charge in [0.1, 0.15) is 4.88 Å². The lowest BCUT2D eigenvalue weighted by Crippen LogP contribution is -2.51. The highest BCUT2D eigenvalue weighted by Crippen LogP contribution is 2.36. The first-order valence-corrected chi connectivity index (χ1v) is 12.1. The first kappa shape index (κ1) is 21.8. The molecule has 166 valence electrons. The molecule has 4 rings (SSSR count). The molecule has 1 aromatic carbocycles. The van der Waals surface area contributed by atoms with E-state index in [1.807, 2.05) is 32.6 Å². The van der Waals surface area contributed by atoms with Crippen molar-refractivity contribution in [1.29, 1.82) is 0 Å². The Bertz CT molecular complexity index is 974. The van der Waals surface area contributed by atoms with Gasteiger partial charge in [-0.3, -0.25) is 10.1 Å². The van der Waals surface area contributed by atoms with Gasteiger partial charge < -0.3 is 10.2 Å². The summed E-state index contributed by atoms with van der Waals surface area (Å²) in [6, 6.07) is 4.39. The second-order valence-electron chi connectivity index (χ2n) is 9.04. The lowest BCUT2D eigenvalue weighted by atomic mass is 9.78. The standard InChI is InChI=1S/C24H32N4O2S/c1-14-12-15(2)20(16(3)13-14)26-22(29)21-17(4)25-23(31-21)27-24(30)28-11-7-9-18-8-5-6-10-19(18)28/h12-13,18-19H,5-11H2,1-4H3,(H,26,29)(H,25,27,30). The summed E-state index contributed by atoms with van der Waals surface area (Å²) in [5, 5.41) is 6.50. The second kappa shape index (κ2) is 8.99. The second-order valence-corrected chi connectivity index (χ2v) is 10.0. The Hall–Kier alpha value is -2.41. The summed E-state index contributed by atoms with van der Waals surface area (Å²) in [4.78, 5) is 33.0. The van der Waals surface area contributed by atoms with Gasteiger partial charge in [0.05, 0.1) is 5.69 Å². The highest BCUT2D eigenvalue weighted by Gasteiger charge is 2.36. The Kier molecular flexibility index (Phi) is 6.32. The third kappa shape index (κ3) is 4.61. The summed E-state index contributed by atoms with van der Waals surface area (Å²) in [6.07, 6.45) is 7.09.